The molecule has 0 radical (unpaired) electrons. The van der Waals surface area contributed by atoms with E-state index >= 15 is 0 Å². The third-order valence-electron chi connectivity index (χ3n) is 16.3. The Balaban J connectivity index is 1.44. The Labute approximate surface area is 404 Å². The smallest absolute Gasteiger partial charge is 0.0620 e. The van der Waals surface area contributed by atoms with Crippen LogP contribution in [0.25, 0.3) is 21.5 Å². The molecule has 2 nitrogen and oxygen atoms in total. The lowest BCUT2D eigenvalue weighted by Crippen LogP contribution is -2.25. The number of nitrogens with zero attached hydrogens (tertiary/aromatic N) is 2. The van der Waals surface area contributed by atoms with Crippen molar-refractivity contribution in [1.82, 2.24) is 0 Å². The number of fused-ring (bicyclic) bond motifs is 2. The minimum Gasteiger partial charge on any atom is -0.309 e. The topological polar surface area (TPSA) is 6.48 Å². The summed E-state index contributed by atoms with van der Waals surface area (Å²) in [5, 5.41) is 5.18. The van der Waals surface area contributed by atoms with Gasteiger partial charge in [0, 0.05) is 44.3 Å². The highest BCUT2D eigenvalue weighted by molar-refractivity contribution is 6.23. The molecule has 0 atom stereocenters. The zero-order chi connectivity index (χ0) is 47.3. The molecule has 0 amide bonds. The first-order valence-electron chi connectivity index (χ1n) is 26.1. The van der Waals surface area contributed by atoms with Crippen LogP contribution in [0.15, 0.2) is 133 Å². The van der Waals surface area contributed by atoms with Gasteiger partial charge in [-0.3, -0.25) is 0 Å². The molecule has 0 bridgehead atoms. The van der Waals surface area contributed by atoms with E-state index in [4.69, 9.17) is 0 Å². The molecule has 9 rings (SSSR count). The van der Waals surface area contributed by atoms with Crippen molar-refractivity contribution < 1.29 is 0 Å². The van der Waals surface area contributed by atoms with Gasteiger partial charge in [0.2, 0.25) is 0 Å². The molecule has 0 N–H and O–H groups in total. The number of anilines is 6. The van der Waals surface area contributed by atoms with Crippen LogP contribution in [0, 0.1) is 0 Å². The quantitative estimate of drug-likeness (QED) is 0.0943. The summed E-state index contributed by atoms with van der Waals surface area (Å²) in [5.41, 5.74) is 15.9. The zero-order valence-corrected chi connectivity index (χ0v) is 42.9. The summed E-state index contributed by atoms with van der Waals surface area (Å²) in [7, 11) is 0. The molecule has 7 aromatic rings. The summed E-state index contributed by atoms with van der Waals surface area (Å²) in [6.45, 7) is 25.8. The van der Waals surface area contributed by atoms with Gasteiger partial charge in [0.05, 0.1) is 11.4 Å². The Morgan fingerprint density at radius 1 is 0.373 bits per heavy atom. The molecule has 0 unspecified atom stereocenters. The summed E-state index contributed by atoms with van der Waals surface area (Å²) in [4.78, 5) is 5.22. The predicted octanol–water partition coefficient (Wildman–Crippen LogP) is 20.0. The molecule has 2 aliphatic carbocycles. The summed E-state index contributed by atoms with van der Waals surface area (Å²) >= 11 is 0. The van der Waals surface area contributed by atoms with Gasteiger partial charge in [-0.15, -0.1) is 0 Å². The molecule has 2 heteroatoms. The average molecular weight is 887 g/mol. The molecular weight excluding hydrogens is 809 g/mol. The minimum atomic E-state index is 0.0451. The van der Waals surface area contributed by atoms with Gasteiger partial charge < -0.3 is 9.80 Å². The SMILES string of the molecule is CC(C)c1ccc(N(c2ccc(C(C)C)cc2)c2c3ccc(C4(C)CCCCC4)cc3c(N(c3ccc(C(C)C)cc3)c3ccc(C(C)(C)C)cc3)c3ccc(C4(C)CCCCC4)cc23)cc1. The maximum absolute atomic E-state index is 2.64. The van der Waals surface area contributed by atoms with Crippen LogP contribution in [0.5, 0.6) is 0 Å². The minimum absolute atomic E-state index is 0.0451. The van der Waals surface area contributed by atoms with Crippen LogP contribution in [-0.4, -0.2) is 0 Å². The zero-order valence-electron chi connectivity index (χ0n) is 42.9. The fourth-order valence-electron chi connectivity index (χ4n) is 11.6. The third-order valence-corrected chi connectivity index (χ3v) is 16.3. The van der Waals surface area contributed by atoms with Gasteiger partial charge in [-0.05, 0) is 154 Å². The Bertz CT molecular complexity index is 2750. The lowest BCUT2D eigenvalue weighted by molar-refractivity contribution is 0.320. The van der Waals surface area contributed by atoms with Crippen LogP contribution in [0.4, 0.5) is 34.1 Å². The Kier molecular flexibility index (Phi) is 13.0. The normalized spacial score (nSPS) is 16.3. The van der Waals surface area contributed by atoms with Crippen molar-refractivity contribution in [3.63, 3.8) is 0 Å². The van der Waals surface area contributed by atoms with E-state index < -0.39 is 0 Å². The largest absolute Gasteiger partial charge is 0.309 e. The summed E-state index contributed by atoms with van der Waals surface area (Å²) in [6.07, 6.45) is 12.7. The molecule has 0 spiro atoms. The maximum atomic E-state index is 2.64. The molecule has 0 aromatic heterocycles. The van der Waals surface area contributed by atoms with E-state index in [1.54, 1.807) is 0 Å². The Hall–Kier alpha value is -5.34. The standard InChI is InChI=1S/C65H78N2/c1-44(2)47-18-28-53(29-19-47)66(54-30-20-48(21-31-54)45(3)4)61-57-36-26-52(65(11)40-16-13-17-41-65)43-60(57)62(58-37-27-51(42-59(58)61)64(10)38-14-12-15-39-64)67(55-32-22-49(23-33-55)46(5)6)56-34-24-50(25-35-56)63(7,8)9/h18-37,42-46H,12-17,38-41H2,1-11H3. The van der Waals surface area contributed by atoms with E-state index in [0.717, 1.165) is 0 Å². The van der Waals surface area contributed by atoms with Gasteiger partial charge in [-0.25, -0.2) is 0 Å². The second-order valence-corrected chi connectivity index (χ2v) is 23.2. The van der Waals surface area contributed by atoms with Crippen LogP contribution in [-0.2, 0) is 16.2 Å². The molecule has 2 aliphatic rings. The lowest BCUT2D eigenvalue weighted by Gasteiger charge is -2.37. The van der Waals surface area contributed by atoms with Gasteiger partial charge in [-0.1, -0.05) is 187 Å². The summed E-state index contributed by atoms with van der Waals surface area (Å²) in [6, 6.07) is 53.2. The van der Waals surface area contributed by atoms with E-state index in [0.29, 0.717) is 17.8 Å². The van der Waals surface area contributed by atoms with Gasteiger partial charge >= 0.3 is 0 Å². The molecule has 0 heterocycles. The first-order chi connectivity index (χ1) is 32.0. The van der Waals surface area contributed by atoms with Gasteiger partial charge in [0.15, 0.2) is 0 Å². The van der Waals surface area contributed by atoms with Gasteiger partial charge in [0.25, 0.3) is 0 Å². The Morgan fingerprint density at radius 3 is 0.955 bits per heavy atom. The van der Waals surface area contributed by atoms with E-state index in [-0.39, 0.29) is 16.2 Å². The summed E-state index contributed by atoms with van der Waals surface area (Å²) in [5.74, 6) is 1.35. The Morgan fingerprint density at radius 2 is 0.672 bits per heavy atom. The molecule has 7 aromatic carbocycles. The van der Waals surface area contributed by atoms with Crippen molar-refractivity contribution >= 4 is 55.7 Å². The fraction of sp³-hybridized carbons (Fsp3) is 0.415. The number of hydrogen-bond donors (Lipinski definition) is 0. The molecule has 0 aliphatic heterocycles. The molecule has 2 fully saturated rings. The second-order valence-electron chi connectivity index (χ2n) is 23.2. The highest BCUT2D eigenvalue weighted by Crippen LogP contribution is 2.54. The van der Waals surface area contributed by atoms with Crippen molar-refractivity contribution in [2.24, 2.45) is 0 Å². The molecular formula is C65H78N2. The van der Waals surface area contributed by atoms with E-state index in [1.807, 2.05) is 0 Å². The third kappa shape index (κ3) is 9.20. The highest BCUT2D eigenvalue weighted by Gasteiger charge is 2.34. The molecule has 67 heavy (non-hydrogen) atoms. The van der Waals surface area contributed by atoms with E-state index in [1.165, 1.54) is 153 Å². The first-order valence-corrected chi connectivity index (χ1v) is 26.1. The average Bonchev–Trinajstić information content (AvgIpc) is 3.32. The predicted molar refractivity (Wildman–Crippen MR) is 293 cm³/mol. The number of rotatable bonds is 11. The molecule has 348 valence electrons. The van der Waals surface area contributed by atoms with Crippen LogP contribution in [0.3, 0.4) is 0 Å². The van der Waals surface area contributed by atoms with E-state index in [2.05, 4.69) is 219 Å². The monoisotopic (exact) mass is 887 g/mol. The highest BCUT2D eigenvalue weighted by atomic mass is 15.2. The second kappa shape index (κ2) is 18.6. The van der Waals surface area contributed by atoms with Crippen LogP contribution in [0.2, 0.25) is 0 Å². The van der Waals surface area contributed by atoms with Crippen LogP contribution < -0.4 is 9.80 Å². The first kappa shape index (κ1) is 46.8. The van der Waals surface area contributed by atoms with Gasteiger partial charge in [0.1, 0.15) is 0 Å². The van der Waals surface area contributed by atoms with Crippen molar-refractivity contribution in [3.05, 3.63) is 167 Å². The molecule has 0 saturated heterocycles. The van der Waals surface area contributed by atoms with Crippen molar-refractivity contribution in [2.75, 3.05) is 9.80 Å². The lowest BCUT2D eigenvalue weighted by atomic mass is 9.70. The van der Waals surface area contributed by atoms with Gasteiger partial charge in [-0.2, -0.15) is 0 Å². The van der Waals surface area contributed by atoms with Crippen LogP contribution >= 0.6 is 0 Å². The number of benzene rings is 7. The fourth-order valence-corrected chi connectivity index (χ4v) is 11.6. The van der Waals surface area contributed by atoms with Crippen molar-refractivity contribution in [2.45, 2.75) is 174 Å². The van der Waals surface area contributed by atoms with E-state index in [9.17, 15) is 0 Å². The van der Waals surface area contributed by atoms with Crippen molar-refractivity contribution in [3.8, 4) is 0 Å². The van der Waals surface area contributed by atoms with Crippen molar-refractivity contribution in [1.29, 1.82) is 0 Å². The number of hydrogen-bond acceptors (Lipinski definition) is 2. The molecule has 2 saturated carbocycles. The summed E-state index contributed by atoms with van der Waals surface area (Å²) < 4.78 is 0. The maximum Gasteiger partial charge on any atom is 0.0620 e. The van der Waals surface area contributed by atoms with Crippen LogP contribution in [0.1, 0.15) is 192 Å².